The number of rotatable bonds is 4. The molecule has 0 aliphatic carbocycles. The van der Waals surface area contributed by atoms with Crippen LogP contribution in [0.15, 0.2) is 0 Å². The van der Waals surface area contributed by atoms with E-state index in [-0.39, 0.29) is 0 Å². The van der Waals surface area contributed by atoms with Gasteiger partial charge in [-0.1, -0.05) is 6.92 Å². The Hall–Kier alpha value is -0.310. The third kappa shape index (κ3) is 3.24. The van der Waals surface area contributed by atoms with Gasteiger partial charge in [0.2, 0.25) is 0 Å². The summed E-state index contributed by atoms with van der Waals surface area (Å²) in [6.45, 7) is 3.04. The van der Waals surface area contributed by atoms with Crippen LogP contribution in [0.25, 0.3) is 0 Å². The van der Waals surface area contributed by atoms with Gasteiger partial charge in [0, 0.05) is 18.8 Å². The lowest BCUT2D eigenvalue weighted by Crippen LogP contribution is -2.59. The monoisotopic (exact) mass is 308 g/mol. The van der Waals surface area contributed by atoms with Gasteiger partial charge in [-0.2, -0.15) is 29.2 Å². The van der Waals surface area contributed by atoms with Crippen LogP contribution >= 0.6 is 11.8 Å². The molecule has 1 unspecified atom stereocenters. The standard InChI is InChI=1S/C11H20N2O4S2/c1-9-2-5-13(6-3-9)19(16,17)12-11(10(14)15)4-7-18-8-11/h9,12H,2-8H2,1H3,(H,14,15). The van der Waals surface area contributed by atoms with Gasteiger partial charge < -0.3 is 5.11 Å². The molecule has 0 bridgehead atoms. The summed E-state index contributed by atoms with van der Waals surface area (Å²) in [6.07, 6.45) is 2.00. The molecule has 0 aromatic rings. The molecule has 2 fully saturated rings. The molecule has 2 aliphatic rings. The Morgan fingerprint density at radius 3 is 2.53 bits per heavy atom. The van der Waals surface area contributed by atoms with Crippen molar-refractivity contribution in [3.8, 4) is 0 Å². The highest BCUT2D eigenvalue weighted by Crippen LogP contribution is 2.30. The summed E-state index contributed by atoms with van der Waals surface area (Å²) in [6, 6.07) is 0. The van der Waals surface area contributed by atoms with Crippen LogP contribution in [-0.2, 0) is 15.0 Å². The van der Waals surface area contributed by atoms with Crippen molar-refractivity contribution in [1.29, 1.82) is 0 Å². The molecule has 8 heteroatoms. The Balaban J connectivity index is 2.10. The van der Waals surface area contributed by atoms with Gasteiger partial charge in [0.1, 0.15) is 5.54 Å². The van der Waals surface area contributed by atoms with Crippen molar-refractivity contribution >= 4 is 27.9 Å². The van der Waals surface area contributed by atoms with Gasteiger partial charge in [-0.15, -0.1) is 0 Å². The highest BCUT2D eigenvalue weighted by molar-refractivity contribution is 7.99. The van der Waals surface area contributed by atoms with Crippen molar-refractivity contribution in [2.75, 3.05) is 24.6 Å². The zero-order valence-corrected chi connectivity index (χ0v) is 12.6. The largest absolute Gasteiger partial charge is 0.480 e. The van der Waals surface area contributed by atoms with Crippen molar-refractivity contribution in [2.24, 2.45) is 5.92 Å². The highest BCUT2D eigenvalue weighted by Gasteiger charge is 2.46. The van der Waals surface area contributed by atoms with Crippen LogP contribution in [0.4, 0.5) is 0 Å². The molecule has 0 saturated carbocycles. The number of nitrogens with zero attached hydrogens (tertiary/aromatic N) is 1. The molecule has 110 valence electrons. The van der Waals surface area contributed by atoms with Gasteiger partial charge in [-0.25, -0.2) is 0 Å². The maximum absolute atomic E-state index is 12.3. The molecule has 0 aromatic heterocycles. The minimum Gasteiger partial charge on any atom is -0.480 e. The fourth-order valence-electron chi connectivity index (χ4n) is 2.39. The van der Waals surface area contributed by atoms with Gasteiger partial charge in [-0.3, -0.25) is 4.79 Å². The minimum atomic E-state index is -3.70. The molecule has 0 radical (unpaired) electrons. The average molecular weight is 308 g/mol. The number of carboxylic acids is 1. The molecule has 6 nitrogen and oxygen atoms in total. The van der Waals surface area contributed by atoms with Crippen molar-refractivity contribution in [3.05, 3.63) is 0 Å². The predicted octanol–water partition coefficient (Wildman–Crippen LogP) is 0.513. The summed E-state index contributed by atoms with van der Waals surface area (Å²) in [5.41, 5.74) is -1.33. The predicted molar refractivity (Wildman–Crippen MR) is 74.3 cm³/mol. The van der Waals surface area contributed by atoms with Crippen molar-refractivity contribution in [2.45, 2.75) is 31.7 Å². The summed E-state index contributed by atoms with van der Waals surface area (Å²) in [5, 5.41) is 9.31. The molecule has 0 spiro atoms. The number of aliphatic carboxylic acids is 1. The molecule has 2 rings (SSSR count). The number of hydrogen-bond acceptors (Lipinski definition) is 4. The van der Waals surface area contributed by atoms with Gasteiger partial charge in [-0.05, 0) is 30.9 Å². The number of piperidine rings is 1. The first-order valence-corrected chi connectivity index (χ1v) is 9.05. The lowest BCUT2D eigenvalue weighted by atomic mass is 10.0. The second-order valence-corrected chi connectivity index (χ2v) is 8.15. The van der Waals surface area contributed by atoms with Crippen molar-refractivity contribution in [1.82, 2.24) is 9.03 Å². The zero-order chi connectivity index (χ0) is 14.1. The van der Waals surface area contributed by atoms with Crippen LogP contribution in [0, 0.1) is 5.92 Å². The molecular weight excluding hydrogens is 288 g/mol. The first-order chi connectivity index (χ1) is 8.86. The Morgan fingerprint density at radius 1 is 1.42 bits per heavy atom. The first-order valence-electron chi connectivity index (χ1n) is 6.46. The topological polar surface area (TPSA) is 86.7 Å². The van der Waals surface area contributed by atoms with Gasteiger partial charge in [0.25, 0.3) is 10.2 Å². The number of carboxylic acid groups (broad SMARTS) is 1. The van der Waals surface area contributed by atoms with E-state index in [1.807, 2.05) is 0 Å². The second kappa shape index (κ2) is 5.59. The summed E-state index contributed by atoms with van der Waals surface area (Å²) in [4.78, 5) is 11.4. The van der Waals surface area contributed by atoms with E-state index in [1.54, 1.807) is 0 Å². The molecule has 2 saturated heterocycles. The maximum Gasteiger partial charge on any atom is 0.325 e. The fourth-order valence-corrected chi connectivity index (χ4v) is 5.39. The van der Waals surface area contributed by atoms with Crippen molar-refractivity contribution in [3.63, 3.8) is 0 Å². The van der Waals surface area contributed by atoms with Crippen LogP contribution in [0.1, 0.15) is 26.2 Å². The summed E-state index contributed by atoms with van der Waals surface area (Å²) >= 11 is 1.47. The normalized spacial score (nSPS) is 30.6. The van der Waals surface area contributed by atoms with Crippen LogP contribution in [0.3, 0.4) is 0 Å². The van der Waals surface area contributed by atoms with E-state index < -0.39 is 21.7 Å². The Kier molecular flexibility index (Phi) is 4.44. The number of carbonyl (C=O) groups is 1. The second-order valence-electron chi connectivity index (χ2n) is 5.38. The van der Waals surface area contributed by atoms with Gasteiger partial charge >= 0.3 is 5.97 Å². The average Bonchev–Trinajstić information content (AvgIpc) is 2.78. The van der Waals surface area contributed by atoms with Crippen LogP contribution in [0.2, 0.25) is 0 Å². The molecule has 0 amide bonds. The zero-order valence-electron chi connectivity index (χ0n) is 11.0. The van der Waals surface area contributed by atoms with E-state index >= 15 is 0 Å². The maximum atomic E-state index is 12.3. The van der Waals surface area contributed by atoms with Crippen LogP contribution in [0.5, 0.6) is 0 Å². The van der Waals surface area contributed by atoms with Crippen LogP contribution in [-0.4, -0.2) is 53.9 Å². The van der Waals surface area contributed by atoms with E-state index in [2.05, 4.69) is 11.6 Å². The van der Waals surface area contributed by atoms with E-state index in [4.69, 9.17) is 0 Å². The summed E-state index contributed by atoms with van der Waals surface area (Å²) < 4.78 is 28.4. The lowest BCUT2D eigenvalue weighted by Gasteiger charge is -2.33. The van der Waals surface area contributed by atoms with E-state index in [0.717, 1.165) is 12.8 Å². The SMILES string of the molecule is CC1CCN(S(=O)(=O)NC2(C(=O)O)CCSC2)CC1. The lowest BCUT2D eigenvalue weighted by molar-refractivity contribution is -0.143. The van der Waals surface area contributed by atoms with Gasteiger partial charge in [0.15, 0.2) is 0 Å². The molecule has 19 heavy (non-hydrogen) atoms. The number of nitrogens with one attached hydrogen (secondary N) is 1. The summed E-state index contributed by atoms with van der Waals surface area (Å²) in [5.74, 6) is 0.422. The van der Waals surface area contributed by atoms with E-state index in [0.29, 0.717) is 36.9 Å². The third-order valence-corrected chi connectivity index (χ3v) is 6.72. The highest BCUT2D eigenvalue weighted by atomic mass is 32.2. The smallest absolute Gasteiger partial charge is 0.325 e. The summed E-state index contributed by atoms with van der Waals surface area (Å²) in [7, 11) is -3.70. The first kappa shape index (κ1) is 15.1. The van der Waals surface area contributed by atoms with E-state index in [9.17, 15) is 18.3 Å². The molecular formula is C11H20N2O4S2. The molecule has 2 heterocycles. The van der Waals surface area contributed by atoms with E-state index in [1.165, 1.54) is 16.1 Å². The quantitative estimate of drug-likeness (QED) is 0.790. The number of hydrogen-bond donors (Lipinski definition) is 2. The minimum absolute atomic E-state index is 0.297. The number of thioether (sulfide) groups is 1. The third-order valence-electron chi connectivity index (χ3n) is 3.84. The molecule has 2 aliphatic heterocycles. The Labute approximate surface area is 118 Å². The van der Waals surface area contributed by atoms with Gasteiger partial charge in [0.05, 0.1) is 0 Å². The molecule has 1 atom stereocenters. The van der Waals surface area contributed by atoms with Crippen molar-refractivity contribution < 1.29 is 18.3 Å². The van der Waals surface area contributed by atoms with Crippen LogP contribution < -0.4 is 4.72 Å². The fraction of sp³-hybridized carbons (Fsp3) is 0.909. The Morgan fingerprint density at radius 2 is 2.05 bits per heavy atom. The Bertz CT molecular complexity index is 438. The molecule has 0 aromatic carbocycles. The molecule has 2 N–H and O–H groups in total.